The molecule has 0 aliphatic heterocycles. The highest BCUT2D eigenvalue weighted by atomic mass is 127. The van der Waals surface area contributed by atoms with E-state index in [4.69, 9.17) is 14.6 Å². The minimum atomic E-state index is -1.02. The van der Waals surface area contributed by atoms with E-state index in [1.807, 2.05) is 31.5 Å². The summed E-state index contributed by atoms with van der Waals surface area (Å²) < 4.78 is 15.3. The quantitative estimate of drug-likeness (QED) is 0.134. The molecule has 0 radical (unpaired) electrons. The van der Waals surface area contributed by atoms with Crippen molar-refractivity contribution < 1.29 is 19.4 Å². The largest absolute Gasteiger partial charge is 0.478 e. The van der Waals surface area contributed by atoms with Gasteiger partial charge in [0.15, 0.2) is 0 Å². The summed E-state index contributed by atoms with van der Waals surface area (Å²) in [5.74, 6) is -0.620. The molecular weight excluding hydrogens is 592 g/mol. The van der Waals surface area contributed by atoms with E-state index in [0.717, 1.165) is 33.4 Å². The Morgan fingerprint density at radius 3 is 2.69 bits per heavy atom. The number of rotatable bonds is 10. The number of pyridine rings is 1. The van der Waals surface area contributed by atoms with E-state index in [-0.39, 0.29) is 5.56 Å². The number of halogens is 1. The highest BCUT2D eigenvalue weighted by Gasteiger charge is 2.15. The number of aromatic nitrogens is 5. The van der Waals surface area contributed by atoms with Crippen molar-refractivity contribution in [2.24, 2.45) is 7.05 Å². The van der Waals surface area contributed by atoms with Crippen LogP contribution in [0, 0.1) is 6.92 Å². The van der Waals surface area contributed by atoms with Crippen molar-refractivity contribution in [1.82, 2.24) is 24.3 Å². The molecule has 1 unspecified atom stereocenters. The van der Waals surface area contributed by atoms with E-state index in [9.17, 15) is 4.79 Å². The summed E-state index contributed by atoms with van der Waals surface area (Å²) in [4.78, 5) is 15.1. The molecule has 11 heteroatoms. The second-order valence-electron chi connectivity index (χ2n) is 7.50. The van der Waals surface area contributed by atoms with Gasteiger partial charge in [0.25, 0.3) is 0 Å². The lowest BCUT2D eigenvalue weighted by atomic mass is 10.0. The normalized spacial score (nSPS) is 11.0. The fourth-order valence-corrected chi connectivity index (χ4v) is 5.13. The number of hydrogen-bond acceptors (Lipinski definition) is 6. The van der Waals surface area contributed by atoms with E-state index >= 15 is 0 Å². The molecule has 0 fully saturated rings. The third-order valence-corrected chi connectivity index (χ3v) is 7.21. The number of aromatic carboxylic acids is 1. The molecule has 1 N–H and O–H groups in total. The topological polar surface area (TPSA) is 104 Å². The average molecular weight is 621 g/mol. The Labute approximate surface area is 224 Å². The fourth-order valence-electron chi connectivity index (χ4n) is 3.60. The zero-order valence-corrected chi connectivity index (χ0v) is 23.8. The molecule has 0 aliphatic rings. The molecule has 1 aromatic carbocycles. The lowest BCUT2D eigenvalue weighted by molar-refractivity contribution is 0.0695. The zero-order chi connectivity index (χ0) is 26.2. The first-order valence-electron chi connectivity index (χ1n) is 11.4. The third-order valence-electron chi connectivity index (χ3n) is 5.34. The van der Waals surface area contributed by atoms with Gasteiger partial charge in [0.1, 0.15) is 6.61 Å². The van der Waals surface area contributed by atoms with Crippen molar-refractivity contribution in [2.75, 3.05) is 13.2 Å². The maximum atomic E-state index is 11.0. The van der Waals surface area contributed by atoms with E-state index < -0.39 is 5.97 Å². The number of aryl methyl sites for hydroxylation is 2. The van der Waals surface area contributed by atoms with Gasteiger partial charge in [-0.25, -0.2) is 14.2 Å². The van der Waals surface area contributed by atoms with Gasteiger partial charge in [-0.1, -0.05) is 26.5 Å². The molecule has 36 heavy (non-hydrogen) atoms. The smallest absolute Gasteiger partial charge is 0.337 e. The maximum Gasteiger partial charge on any atom is 0.337 e. The zero-order valence-electron chi connectivity index (χ0n) is 20.7. The van der Waals surface area contributed by atoms with Gasteiger partial charge < -0.3 is 14.6 Å². The van der Waals surface area contributed by atoms with E-state index in [0.29, 0.717) is 37.6 Å². The molecule has 3 aromatic heterocycles. The molecule has 0 aliphatic carbocycles. The summed E-state index contributed by atoms with van der Waals surface area (Å²) in [6.07, 6.45) is 5.41. The second kappa shape index (κ2) is 12.9. The van der Waals surface area contributed by atoms with Crippen LogP contribution in [0.15, 0.2) is 43.2 Å². The number of carbonyl (C=O) groups is 1. The highest BCUT2D eigenvalue weighted by Crippen LogP contribution is 2.34. The Morgan fingerprint density at radius 2 is 2.03 bits per heavy atom. The van der Waals surface area contributed by atoms with Gasteiger partial charge in [-0.15, -0.1) is 0 Å². The Balaban J connectivity index is 0.00000176. The Morgan fingerprint density at radius 1 is 1.25 bits per heavy atom. The monoisotopic (exact) mass is 621 g/mol. The highest BCUT2D eigenvalue weighted by molar-refractivity contribution is 14.2. The molecule has 0 saturated heterocycles. The molecule has 9 nitrogen and oxygen atoms in total. The van der Waals surface area contributed by atoms with Crippen LogP contribution in [0.2, 0.25) is 0 Å². The van der Waals surface area contributed by atoms with Crippen LogP contribution in [0.4, 0.5) is 0 Å². The first-order valence-corrected chi connectivity index (χ1v) is 15.4. The summed E-state index contributed by atoms with van der Waals surface area (Å²) >= 11 is 2.32. The number of carboxylic acid groups (broad SMARTS) is 1. The third kappa shape index (κ3) is 6.11. The predicted molar refractivity (Wildman–Crippen MR) is 152 cm³/mol. The van der Waals surface area contributed by atoms with Crippen LogP contribution in [-0.2, 0) is 18.4 Å². The maximum absolute atomic E-state index is 11.0. The number of ether oxygens (including phenoxy) is 2. The van der Waals surface area contributed by atoms with Gasteiger partial charge in [-0.3, -0.25) is 4.68 Å². The van der Waals surface area contributed by atoms with E-state index in [1.165, 1.54) is 12.3 Å². The standard InChI is InChI=1S/C23H23IN5O4P.C2H6/c1-4-19-17-10-15(5-6-20(17)29(27-19)34-24)18-12-26-28(3)21(18)13-32-7-8-33-22-14(2)9-16(11-25-22)23(30)31;1-2/h4-6,9-12,34H,1,7-8,13H2,2-3H3,(H,30,31);1-2H3. The lowest BCUT2D eigenvalue weighted by Gasteiger charge is -2.10. The van der Waals surface area contributed by atoms with Crippen molar-refractivity contribution in [3.63, 3.8) is 0 Å². The molecule has 1 atom stereocenters. The molecule has 3 heterocycles. The summed E-state index contributed by atoms with van der Waals surface area (Å²) in [7, 11) is 1.89. The molecule has 4 rings (SSSR count). The van der Waals surface area contributed by atoms with Crippen LogP contribution in [0.1, 0.15) is 41.2 Å². The Bertz CT molecular complexity index is 1370. The van der Waals surface area contributed by atoms with Crippen molar-refractivity contribution in [3.8, 4) is 17.0 Å². The average Bonchev–Trinajstić information content (AvgIpc) is 3.44. The summed E-state index contributed by atoms with van der Waals surface area (Å²) in [6, 6.07) is 7.80. The number of nitrogens with zero attached hydrogens (tertiary/aromatic N) is 5. The van der Waals surface area contributed by atoms with Crippen molar-refractivity contribution >= 4 is 51.4 Å². The summed E-state index contributed by atoms with van der Waals surface area (Å²) in [6.45, 7) is 10.7. The summed E-state index contributed by atoms with van der Waals surface area (Å²) in [5, 5.41) is 19.1. The number of fused-ring (bicyclic) bond motifs is 1. The first-order chi connectivity index (χ1) is 17.4. The second-order valence-corrected chi connectivity index (χ2v) is 9.54. The minimum Gasteiger partial charge on any atom is -0.478 e. The summed E-state index contributed by atoms with van der Waals surface area (Å²) in [5.41, 5.74) is 5.70. The van der Waals surface area contributed by atoms with Crippen molar-refractivity contribution in [2.45, 2.75) is 27.4 Å². The van der Waals surface area contributed by atoms with Gasteiger partial charge in [-0.05, 0) is 58.8 Å². The van der Waals surface area contributed by atoms with Crippen LogP contribution in [0.3, 0.4) is 0 Å². The van der Waals surface area contributed by atoms with Gasteiger partial charge in [0.05, 0.1) is 48.3 Å². The van der Waals surface area contributed by atoms with Gasteiger partial charge in [-0.2, -0.15) is 10.2 Å². The van der Waals surface area contributed by atoms with E-state index in [2.05, 4.69) is 62.0 Å². The molecule has 0 bridgehead atoms. The molecule has 0 spiro atoms. The van der Waals surface area contributed by atoms with Crippen molar-refractivity contribution in [1.29, 1.82) is 0 Å². The Kier molecular flexibility index (Phi) is 9.98. The van der Waals surface area contributed by atoms with Gasteiger partial charge in [0.2, 0.25) is 5.88 Å². The van der Waals surface area contributed by atoms with Crippen LogP contribution in [-0.4, -0.2) is 48.6 Å². The van der Waals surface area contributed by atoms with Crippen LogP contribution < -0.4 is 4.74 Å². The SMILES string of the molecule is C=Cc1nn(PI)c2ccc(-c3cnn(C)c3COCCOc3ncc(C(=O)O)cc3C)cc12.CC. The molecule has 0 amide bonds. The van der Waals surface area contributed by atoms with Crippen molar-refractivity contribution in [3.05, 3.63) is 65.8 Å². The molecule has 4 aromatic rings. The predicted octanol–water partition coefficient (Wildman–Crippen LogP) is 5.89. The molecule has 190 valence electrons. The van der Waals surface area contributed by atoms with Gasteiger partial charge in [0, 0.05) is 29.8 Å². The lowest BCUT2D eigenvalue weighted by Crippen LogP contribution is -2.10. The Hall–Kier alpha value is -2.82. The van der Waals surface area contributed by atoms with E-state index in [1.54, 1.807) is 17.7 Å². The molecular formula is C25H29IN5O4P. The number of benzene rings is 1. The number of carboxylic acids is 1. The fraction of sp³-hybridized carbons (Fsp3) is 0.280. The number of hydrogen-bond donors (Lipinski definition) is 1. The van der Waals surface area contributed by atoms with Crippen LogP contribution >= 0.6 is 28.4 Å². The van der Waals surface area contributed by atoms with Crippen LogP contribution in [0.25, 0.3) is 28.1 Å². The first kappa shape index (κ1) is 27.8. The van der Waals surface area contributed by atoms with Gasteiger partial charge >= 0.3 is 5.97 Å². The molecule has 0 saturated carbocycles. The minimum absolute atomic E-state index is 0.130. The van der Waals surface area contributed by atoms with Crippen LogP contribution in [0.5, 0.6) is 5.88 Å².